The summed E-state index contributed by atoms with van der Waals surface area (Å²) in [6.07, 6.45) is 5.78. The van der Waals surface area contributed by atoms with Gasteiger partial charge in [0.25, 0.3) is 0 Å². The second-order valence-corrected chi connectivity index (χ2v) is 6.16. The van der Waals surface area contributed by atoms with E-state index in [2.05, 4.69) is 29.6 Å². The Balaban J connectivity index is 1.52. The van der Waals surface area contributed by atoms with E-state index >= 15 is 0 Å². The molecule has 3 heteroatoms. The summed E-state index contributed by atoms with van der Waals surface area (Å²) in [6, 6.07) is 10.0. The van der Waals surface area contributed by atoms with Gasteiger partial charge in [0.1, 0.15) is 0 Å². The highest BCUT2D eigenvalue weighted by atomic mass is 16.2. The van der Waals surface area contributed by atoms with Gasteiger partial charge in [-0.1, -0.05) is 24.3 Å². The van der Waals surface area contributed by atoms with E-state index in [4.69, 9.17) is 0 Å². The molecule has 1 heterocycles. The van der Waals surface area contributed by atoms with E-state index in [9.17, 15) is 4.79 Å². The monoisotopic (exact) mass is 272 g/mol. The van der Waals surface area contributed by atoms with Gasteiger partial charge in [0.05, 0.1) is 0 Å². The summed E-state index contributed by atoms with van der Waals surface area (Å²) in [6.45, 7) is 3.50. The lowest BCUT2D eigenvalue weighted by atomic mass is 9.87. The Hall–Kier alpha value is -1.35. The fraction of sp³-hybridized carbons (Fsp3) is 0.588. The first-order valence-corrected chi connectivity index (χ1v) is 7.80. The van der Waals surface area contributed by atoms with Crippen molar-refractivity contribution in [2.24, 2.45) is 0 Å². The minimum absolute atomic E-state index is 0.218. The molecule has 20 heavy (non-hydrogen) atoms. The van der Waals surface area contributed by atoms with Gasteiger partial charge in [0, 0.05) is 32.1 Å². The van der Waals surface area contributed by atoms with Crippen LogP contribution in [0.3, 0.4) is 0 Å². The summed E-state index contributed by atoms with van der Waals surface area (Å²) in [5.74, 6) is 0.218. The Kier molecular flexibility index (Phi) is 4.06. The minimum atomic E-state index is 0.218. The van der Waals surface area contributed by atoms with Crippen LogP contribution >= 0.6 is 0 Å². The van der Waals surface area contributed by atoms with Crippen molar-refractivity contribution in [3.63, 3.8) is 0 Å². The van der Waals surface area contributed by atoms with E-state index in [-0.39, 0.29) is 5.91 Å². The molecule has 1 atom stereocenters. The lowest BCUT2D eigenvalue weighted by Crippen LogP contribution is -2.48. The van der Waals surface area contributed by atoms with Gasteiger partial charge in [0.15, 0.2) is 0 Å². The summed E-state index contributed by atoms with van der Waals surface area (Å²) in [4.78, 5) is 13.3. The molecule has 0 spiro atoms. The van der Waals surface area contributed by atoms with Crippen LogP contribution < -0.4 is 5.32 Å². The van der Waals surface area contributed by atoms with Crippen LogP contribution in [0.25, 0.3) is 0 Å². The van der Waals surface area contributed by atoms with E-state index in [0.717, 1.165) is 32.4 Å². The SMILES string of the molecule is CC(=O)N1CCC(NC2CCc3ccccc3C2)CC1. The Morgan fingerprint density at radius 2 is 1.80 bits per heavy atom. The molecule has 0 radical (unpaired) electrons. The zero-order chi connectivity index (χ0) is 13.9. The average Bonchev–Trinajstić information content (AvgIpc) is 2.48. The van der Waals surface area contributed by atoms with Gasteiger partial charge >= 0.3 is 0 Å². The molecule has 1 N–H and O–H groups in total. The lowest BCUT2D eigenvalue weighted by Gasteiger charge is -2.35. The van der Waals surface area contributed by atoms with E-state index in [1.165, 1.54) is 24.0 Å². The molecule has 1 aliphatic heterocycles. The summed E-state index contributed by atoms with van der Waals surface area (Å²) in [5, 5.41) is 3.82. The number of nitrogens with one attached hydrogen (secondary N) is 1. The highest BCUT2D eigenvalue weighted by Crippen LogP contribution is 2.22. The van der Waals surface area contributed by atoms with Gasteiger partial charge in [-0.05, 0) is 43.2 Å². The third-order valence-corrected chi connectivity index (χ3v) is 4.76. The third-order valence-electron chi connectivity index (χ3n) is 4.76. The molecule has 1 aromatic rings. The van der Waals surface area contributed by atoms with E-state index in [1.807, 2.05) is 4.90 Å². The number of fused-ring (bicyclic) bond motifs is 1. The Bertz CT molecular complexity index is 478. The summed E-state index contributed by atoms with van der Waals surface area (Å²) < 4.78 is 0. The predicted octanol–water partition coefficient (Wildman–Crippen LogP) is 2.14. The topological polar surface area (TPSA) is 32.3 Å². The van der Waals surface area contributed by atoms with Gasteiger partial charge in [0.2, 0.25) is 5.91 Å². The zero-order valence-corrected chi connectivity index (χ0v) is 12.3. The van der Waals surface area contributed by atoms with Crippen LogP contribution in [0.15, 0.2) is 24.3 Å². The van der Waals surface area contributed by atoms with E-state index < -0.39 is 0 Å². The normalized spacial score (nSPS) is 23.4. The van der Waals surface area contributed by atoms with E-state index in [0.29, 0.717) is 12.1 Å². The molecule has 1 fully saturated rings. The molecule has 2 aliphatic rings. The van der Waals surface area contributed by atoms with Gasteiger partial charge in [-0.2, -0.15) is 0 Å². The van der Waals surface area contributed by atoms with Crippen LogP contribution in [0.4, 0.5) is 0 Å². The fourth-order valence-electron chi connectivity index (χ4n) is 3.53. The molecular formula is C17H24N2O. The fourth-order valence-corrected chi connectivity index (χ4v) is 3.53. The number of rotatable bonds is 2. The van der Waals surface area contributed by atoms with Crippen LogP contribution in [0, 0.1) is 0 Å². The highest BCUT2D eigenvalue weighted by molar-refractivity contribution is 5.73. The van der Waals surface area contributed by atoms with Crippen LogP contribution in [0.2, 0.25) is 0 Å². The van der Waals surface area contributed by atoms with Crippen molar-refractivity contribution in [2.45, 2.75) is 51.1 Å². The molecule has 1 saturated heterocycles. The molecule has 1 aliphatic carbocycles. The van der Waals surface area contributed by atoms with Gasteiger partial charge in [-0.15, -0.1) is 0 Å². The van der Waals surface area contributed by atoms with Crippen LogP contribution in [-0.4, -0.2) is 36.0 Å². The first kappa shape index (κ1) is 13.6. The quantitative estimate of drug-likeness (QED) is 0.894. The smallest absolute Gasteiger partial charge is 0.219 e. The number of nitrogens with zero attached hydrogens (tertiary/aromatic N) is 1. The second-order valence-electron chi connectivity index (χ2n) is 6.16. The van der Waals surface area contributed by atoms with Crippen LogP contribution in [0.5, 0.6) is 0 Å². The Morgan fingerprint density at radius 1 is 1.10 bits per heavy atom. The van der Waals surface area contributed by atoms with Crippen molar-refractivity contribution in [1.29, 1.82) is 0 Å². The summed E-state index contributed by atoms with van der Waals surface area (Å²) >= 11 is 0. The number of likely N-dealkylation sites (tertiary alicyclic amines) is 1. The highest BCUT2D eigenvalue weighted by Gasteiger charge is 2.24. The minimum Gasteiger partial charge on any atom is -0.343 e. The maximum Gasteiger partial charge on any atom is 0.219 e. The lowest BCUT2D eigenvalue weighted by molar-refractivity contribution is -0.129. The first-order valence-electron chi connectivity index (χ1n) is 7.80. The number of amides is 1. The molecule has 3 rings (SSSR count). The molecule has 0 aromatic heterocycles. The Labute approximate surface area is 121 Å². The molecule has 1 aromatic carbocycles. The molecule has 3 nitrogen and oxygen atoms in total. The van der Waals surface area contributed by atoms with Crippen LogP contribution in [0.1, 0.15) is 37.3 Å². The summed E-state index contributed by atoms with van der Waals surface area (Å²) in [5.41, 5.74) is 3.04. The second kappa shape index (κ2) is 5.96. The largest absolute Gasteiger partial charge is 0.343 e. The zero-order valence-electron chi connectivity index (χ0n) is 12.3. The van der Waals surface area contributed by atoms with Gasteiger partial charge in [-0.3, -0.25) is 4.79 Å². The van der Waals surface area contributed by atoms with Crippen molar-refractivity contribution in [1.82, 2.24) is 10.2 Å². The number of hydrogen-bond acceptors (Lipinski definition) is 2. The standard InChI is InChI=1S/C17H24N2O/c1-13(20)19-10-8-16(9-11-19)18-17-7-6-14-4-2-3-5-15(14)12-17/h2-5,16-18H,6-12H2,1H3. The number of carbonyl (C=O) groups excluding carboxylic acids is 1. The number of benzene rings is 1. The maximum absolute atomic E-state index is 11.3. The number of aryl methyl sites for hydroxylation is 1. The van der Waals surface area contributed by atoms with E-state index in [1.54, 1.807) is 6.92 Å². The molecule has 108 valence electrons. The molecule has 1 unspecified atom stereocenters. The molecule has 0 bridgehead atoms. The van der Waals surface area contributed by atoms with Crippen molar-refractivity contribution < 1.29 is 4.79 Å². The van der Waals surface area contributed by atoms with Crippen LogP contribution in [-0.2, 0) is 17.6 Å². The molecule has 0 saturated carbocycles. The molecular weight excluding hydrogens is 248 g/mol. The maximum atomic E-state index is 11.3. The molecule has 1 amide bonds. The Morgan fingerprint density at radius 3 is 2.50 bits per heavy atom. The van der Waals surface area contributed by atoms with Crippen molar-refractivity contribution in [3.8, 4) is 0 Å². The van der Waals surface area contributed by atoms with Gasteiger partial charge < -0.3 is 10.2 Å². The summed E-state index contributed by atoms with van der Waals surface area (Å²) in [7, 11) is 0. The number of piperidine rings is 1. The van der Waals surface area contributed by atoms with Crippen molar-refractivity contribution in [2.75, 3.05) is 13.1 Å². The number of carbonyl (C=O) groups is 1. The average molecular weight is 272 g/mol. The van der Waals surface area contributed by atoms with Crippen molar-refractivity contribution >= 4 is 5.91 Å². The van der Waals surface area contributed by atoms with Crippen molar-refractivity contribution in [3.05, 3.63) is 35.4 Å². The third kappa shape index (κ3) is 3.04. The number of hydrogen-bond donors (Lipinski definition) is 1. The predicted molar refractivity (Wildman–Crippen MR) is 80.7 cm³/mol. The first-order chi connectivity index (χ1) is 9.72. The van der Waals surface area contributed by atoms with Gasteiger partial charge in [-0.25, -0.2) is 0 Å².